The van der Waals surface area contributed by atoms with E-state index in [2.05, 4.69) is 9.80 Å². The van der Waals surface area contributed by atoms with Crippen LogP contribution in [0.25, 0.3) is 0 Å². The summed E-state index contributed by atoms with van der Waals surface area (Å²) in [6.45, 7) is 5.76. The van der Waals surface area contributed by atoms with Gasteiger partial charge in [-0.25, -0.2) is 0 Å². The first kappa shape index (κ1) is 11.2. The first-order chi connectivity index (χ1) is 8.78. The summed E-state index contributed by atoms with van der Waals surface area (Å²) < 4.78 is 5.47. The third-order valence-corrected chi connectivity index (χ3v) is 5.31. The van der Waals surface area contributed by atoms with Gasteiger partial charge in [-0.2, -0.15) is 0 Å². The van der Waals surface area contributed by atoms with Gasteiger partial charge in [-0.1, -0.05) is 0 Å². The Balaban J connectivity index is 1.33. The summed E-state index contributed by atoms with van der Waals surface area (Å²) in [4.78, 5) is 17.1. The fraction of sp³-hybridized carbons (Fsp3) is 0.929. The highest BCUT2D eigenvalue weighted by molar-refractivity contribution is 5.83. The number of ether oxygens (including phenoxy) is 1. The van der Waals surface area contributed by atoms with E-state index in [-0.39, 0.29) is 11.3 Å². The Bertz CT molecular complexity index is 353. The van der Waals surface area contributed by atoms with Gasteiger partial charge in [0.25, 0.3) is 0 Å². The van der Waals surface area contributed by atoms with Gasteiger partial charge < -0.3 is 9.64 Å². The Hall–Kier alpha value is -0.610. The molecule has 2 aliphatic carbocycles. The van der Waals surface area contributed by atoms with Crippen LogP contribution in [0.2, 0.25) is 0 Å². The summed E-state index contributed by atoms with van der Waals surface area (Å²) in [6.07, 6.45) is 4.92. The van der Waals surface area contributed by atoms with E-state index in [1.807, 2.05) is 0 Å². The van der Waals surface area contributed by atoms with E-state index in [1.165, 1.54) is 12.8 Å². The van der Waals surface area contributed by atoms with Crippen LogP contribution in [0.4, 0.5) is 0 Å². The molecule has 4 heteroatoms. The van der Waals surface area contributed by atoms with Crippen molar-refractivity contribution < 1.29 is 9.53 Å². The van der Waals surface area contributed by atoms with Gasteiger partial charge in [-0.3, -0.25) is 9.69 Å². The lowest BCUT2D eigenvalue weighted by atomic mass is 10.0. The molecule has 1 amide bonds. The zero-order chi connectivity index (χ0) is 12.2. The molecule has 4 fully saturated rings. The molecule has 0 bridgehead atoms. The van der Waals surface area contributed by atoms with Crippen molar-refractivity contribution in [2.24, 2.45) is 11.3 Å². The summed E-state index contributed by atoms with van der Waals surface area (Å²) in [7, 11) is 0. The van der Waals surface area contributed by atoms with E-state index in [9.17, 15) is 4.79 Å². The molecule has 2 heterocycles. The molecule has 0 aromatic heterocycles. The van der Waals surface area contributed by atoms with Crippen LogP contribution in [0.3, 0.4) is 0 Å². The average Bonchev–Trinajstić information content (AvgIpc) is 3.28. The van der Waals surface area contributed by atoms with Crippen molar-refractivity contribution >= 4 is 5.91 Å². The van der Waals surface area contributed by atoms with Crippen LogP contribution >= 0.6 is 0 Å². The molecule has 2 saturated carbocycles. The molecule has 2 saturated heterocycles. The lowest BCUT2D eigenvalue weighted by Gasteiger charge is -2.35. The molecule has 0 aromatic carbocycles. The molecule has 2 aliphatic heterocycles. The second kappa shape index (κ2) is 3.94. The standard InChI is InChI=1S/C14H22N2O2/c17-13(12-9-14(12)3-8-18-10-14)16-6-4-15(5-7-16)11-1-2-11/h11-12H,1-10H2. The van der Waals surface area contributed by atoms with Crippen molar-refractivity contribution in [1.82, 2.24) is 9.80 Å². The van der Waals surface area contributed by atoms with E-state index in [1.54, 1.807) is 0 Å². The van der Waals surface area contributed by atoms with E-state index >= 15 is 0 Å². The van der Waals surface area contributed by atoms with Gasteiger partial charge in [0.1, 0.15) is 0 Å². The Labute approximate surface area is 108 Å². The molecule has 0 aromatic rings. The first-order valence-corrected chi connectivity index (χ1v) is 7.39. The quantitative estimate of drug-likeness (QED) is 0.724. The van der Waals surface area contributed by atoms with Gasteiger partial charge in [0, 0.05) is 50.2 Å². The number of carbonyl (C=O) groups excluding carboxylic acids is 1. The van der Waals surface area contributed by atoms with Crippen LogP contribution in [0.5, 0.6) is 0 Å². The third kappa shape index (κ3) is 1.77. The molecule has 100 valence electrons. The molecular weight excluding hydrogens is 228 g/mol. The van der Waals surface area contributed by atoms with Gasteiger partial charge in [0.2, 0.25) is 5.91 Å². The highest BCUT2D eigenvalue weighted by atomic mass is 16.5. The molecule has 18 heavy (non-hydrogen) atoms. The van der Waals surface area contributed by atoms with Gasteiger partial charge in [0.15, 0.2) is 0 Å². The van der Waals surface area contributed by atoms with Crippen LogP contribution < -0.4 is 0 Å². The molecular formula is C14H22N2O2. The molecule has 0 radical (unpaired) electrons. The fourth-order valence-electron chi connectivity index (χ4n) is 3.72. The van der Waals surface area contributed by atoms with Crippen LogP contribution in [0.1, 0.15) is 25.7 Å². The number of carbonyl (C=O) groups is 1. The minimum Gasteiger partial charge on any atom is -0.381 e. The second-order valence-electron chi connectivity index (χ2n) is 6.51. The van der Waals surface area contributed by atoms with E-state index in [4.69, 9.17) is 4.74 Å². The number of rotatable bonds is 2. The maximum Gasteiger partial charge on any atom is 0.226 e. The highest BCUT2D eigenvalue weighted by Gasteiger charge is 2.60. The lowest BCUT2D eigenvalue weighted by molar-refractivity contribution is -0.135. The Kier molecular flexibility index (Phi) is 2.46. The van der Waals surface area contributed by atoms with Crippen LogP contribution in [-0.2, 0) is 9.53 Å². The summed E-state index contributed by atoms with van der Waals surface area (Å²) in [6, 6.07) is 0.845. The topological polar surface area (TPSA) is 32.8 Å². The molecule has 0 N–H and O–H groups in total. The number of amides is 1. The first-order valence-electron chi connectivity index (χ1n) is 7.39. The van der Waals surface area contributed by atoms with Crippen molar-refractivity contribution in [2.45, 2.75) is 31.7 Å². The number of hydrogen-bond acceptors (Lipinski definition) is 3. The SMILES string of the molecule is O=C(C1CC12CCOC2)N1CCN(C2CC2)CC1. The van der Waals surface area contributed by atoms with Crippen molar-refractivity contribution in [2.75, 3.05) is 39.4 Å². The second-order valence-corrected chi connectivity index (χ2v) is 6.51. The molecule has 4 nitrogen and oxygen atoms in total. The average molecular weight is 250 g/mol. The predicted molar refractivity (Wildman–Crippen MR) is 67.2 cm³/mol. The molecule has 2 atom stereocenters. The Morgan fingerprint density at radius 2 is 1.94 bits per heavy atom. The summed E-state index contributed by atoms with van der Waals surface area (Å²) in [5, 5.41) is 0. The fourth-order valence-corrected chi connectivity index (χ4v) is 3.72. The number of hydrogen-bond donors (Lipinski definition) is 0. The monoisotopic (exact) mass is 250 g/mol. The zero-order valence-electron chi connectivity index (χ0n) is 10.9. The number of piperazine rings is 1. The van der Waals surface area contributed by atoms with Crippen molar-refractivity contribution in [1.29, 1.82) is 0 Å². The Morgan fingerprint density at radius 3 is 2.56 bits per heavy atom. The molecule has 1 spiro atoms. The van der Waals surface area contributed by atoms with Crippen molar-refractivity contribution in [3.8, 4) is 0 Å². The highest BCUT2D eigenvalue weighted by Crippen LogP contribution is 2.58. The van der Waals surface area contributed by atoms with E-state index < -0.39 is 0 Å². The number of nitrogens with zero attached hydrogens (tertiary/aromatic N) is 2. The van der Waals surface area contributed by atoms with Crippen LogP contribution in [-0.4, -0.2) is 61.1 Å². The summed E-state index contributed by atoms with van der Waals surface area (Å²) in [5.41, 5.74) is 0.255. The van der Waals surface area contributed by atoms with Crippen LogP contribution in [0, 0.1) is 11.3 Å². The Morgan fingerprint density at radius 1 is 1.17 bits per heavy atom. The molecule has 2 unspecified atom stereocenters. The smallest absolute Gasteiger partial charge is 0.226 e. The van der Waals surface area contributed by atoms with Gasteiger partial charge in [-0.15, -0.1) is 0 Å². The van der Waals surface area contributed by atoms with Gasteiger partial charge >= 0.3 is 0 Å². The van der Waals surface area contributed by atoms with E-state index in [0.29, 0.717) is 5.91 Å². The maximum absolute atomic E-state index is 12.5. The predicted octanol–water partition coefficient (Wildman–Crippen LogP) is 0.720. The van der Waals surface area contributed by atoms with Gasteiger partial charge in [-0.05, 0) is 25.7 Å². The lowest BCUT2D eigenvalue weighted by Crippen LogP contribution is -2.50. The van der Waals surface area contributed by atoms with E-state index in [0.717, 1.165) is 58.3 Å². The van der Waals surface area contributed by atoms with Gasteiger partial charge in [0.05, 0.1) is 6.61 Å². The third-order valence-electron chi connectivity index (χ3n) is 5.31. The normalized spacial score (nSPS) is 40.4. The largest absolute Gasteiger partial charge is 0.381 e. The zero-order valence-corrected chi connectivity index (χ0v) is 10.9. The summed E-state index contributed by atoms with van der Waals surface area (Å²) >= 11 is 0. The maximum atomic E-state index is 12.5. The van der Waals surface area contributed by atoms with Crippen molar-refractivity contribution in [3.63, 3.8) is 0 Å². The summed E-state index contributed by atoms with van der Waals surface area (Å²) in [5.74, 6) is 0.698. The minimum atomic E-state index is 0.255. The van der Waals surface area contributed by atoms with Crippen LogP contribution in [0.15, 0.2) is 0 Å². The minimum absolute atomic E-state index is 0.255. The van der Waals surface area contributed by atoms with Crippen molar-refractivity contribution in [3.05, 3.63) is 0 Å². The molecule has 4 rings (SSSR count). The molecule has 4 aliphatic rings.